The Morgan fingerprint density at radius 2 is 2.20 bits per heavy atom. The number of rotatable bonds is 5. The molecule has 0 bridgehead atoms. The highest BCUT2D eigenvalue weighted by atomic mass is 19.1. The molecule has 1 fully saturated rings. The third-order valence-corrected chi connectivity index (χ3v) is 4.55. The first-order chi connectivity index (χ1) is 12.0. The summed E-state index contributed by atoms with van der Waals surface area (Å²) in [5.41, 5.74) is -0.709. The number of benzene rings is 1. The van der Waals surface area contributed by atoms with Crippen LogP contribution in [-0.4, -0.2) is 60.7 Å². The van der Waals surface area contributed by atoms with Gasteiger partial charge in [0.1, 0.15) is 0 Å². The number of carbonyl (C=O) groups excluding carboxylic acids is 2. The SMILES string of the molecule is COCCNC(=O)C1(F)CCCN(C(=O)c2c[nH]c3ccccc23)C1. The van der Waals surface area contributed by atoms with Crippen molar-refractivity contribution in [3.63, 3.8) is 0 Å². The second kappa shape index (κ2) is 7.23. The number of aromatic amines is 1. The van der Waals surface area contributed by atoms with Gasteiger partial charge in [0.05, 0.1) is 18.7 Å². The van der Waals surface area contributed by atoms with E-state index < -0.39 is 11.6 Å². The number of H-pyrrole nitrogens is 1. The van der Waals surface area contributed by atoms with Crippen LogP contribution in [0.4, 0.5) is 4.39 Å². The minimum atomic E-state index is -2.06. The van der Waals surface area contributed by atoms with Crippen molar-refractivity contribution >= 4 is 22.7 Å². The number of methoxy groups -OCH3 is 1. The van der Waals surface area contributed by atoms with Gasteiger partial charge < -0.3 is 19.9 Å². The minimum Gasteiger partial charge on any atom is -0.383 e. The molecule has 3 rings (SSSR count). The van der Waals surface area contributed by atoms with Gasteiger partial charge in [-0.25, -0.2) is 4.39 Å². The molecule has 1 aromatic carbocycles. The van der Waals surface area contributed by atoms with Gasteiger partial charge in [-0.05, 0) is 18.9 Å². The Morgan fingerprint density at radius 1 is 1.40 bits per heavy atom. The second-order valence-corrected chi connectivity index (χ2v) is 6.29. The lowest BCUT2D eigenvalue weighted by atomic mass is 9.93. The molecule has 134 valence electrons. The topological polar surface area (TPSA) is 74.4 Å². The summed E-state index contributed by atoms with van der Waals surface area (Å²) in [6, 6.07) is 7.46. The van der Waals surface area contributed by atoms with Crippen molar-refractivity contribution in [2.45, 2.75) is 18.5 Å². The van der Waals surface area contributed by atoms with Crippen LogP contribution in [0.3, 0.4) is 0 Å². The molecule has 1 aliphatic rings. The molecule has 0 spiro atoms. The molecule has 1 saturated heterocycles. The summed E-state index contributed by atoms with van der Waals surface area (Å²) in [6.07, 6.45) is 2.20. The number of ether oxygens (including phenoxy) is 1. The number of hydrogen-bond donors (Lipinski definition) is 2. The molecule has 6 nitrogen and oxygen atoms in total. The van der Waals surface area contributed by atoms with E-state index in [4.69, 9.17) is 4.74 Å². The van der Waals surface area contributed by atoms with Crippen LogP contribution in [-0.2, 0) is 9.53 Å². The molecular weight excluding hydrogens is 325 g/mol. The summed E-state index contributed by atoms with van der Waals surface area (Å²) in [4.78, 5) is 29.5. The standard InChI is InChI=1S/C18H22FN3O3/c1-25-10-8-20-17(24)18(19)7-4-9-22(12-18)16(23)14-11-21-15-6-3-2-5-13(14)15/h2-3,5-6,11,21H,4,7-10,12H2,1H3,(H,20,24). The number of para-hydroxylation sites is 1. The summed E-state index contributed by atoms with van der Waals surface area (Å²) in [5.74, 6) is -0.940. The molecule has 2 N–H and O–H groups in total. The zero-order chi connectivity index (χ0) is 17.9. The van der Waals surface area contributed by atoms with E-state index in [-0.39, 0.29) is 25.4 Å². The summed E-state index contributed by atoms with van der Waals surface area (Å²) >= 11 is 0. The van der Waals surface area contributed by atoms with E-state index in [1.165, 1.54) is 12.0 Å². The fraction of sp³-hybridized carbons (Fsp3) is 0.444. The number of fused-ring (bicyclic) bond motifs is 1. The highest BCUT2D eigenvalue weighted by molar-refractivity contribution is 6.07. The maximum atomic E-state index is 15.1. The van der Waals surface area contributed by atoms with Gasteiger partial charge in [-0.15, -0.1) is 0 Å². The van der Waals surface area contributed by atoms with E-state index in [1.54, 1.807) is 6.20 Å². The zero-order valence-corrected chi connectivity index (χ0v) is 14.2. The molecule has 1 atom stereocenters. The molecule has 0 radical (unpaired) electrons. The summed E-state index contributed by atoms with van der Waals surface area (Å²) < 4.78 is 20.0. The van der Waals surface area contributed by atoms with Gasteiger partial charge in [0, 0.05) is 37.3 Å². The molecule has 25 heavy (non-hydrogen) atoms. The highest BCUT2D eigenvalue weighted by Crippen LogP contribution is 2.28. The van der Waals surface area contributed by atoms with Gasteiger partial charge in [-0.1, -0.05) is 18.2 Å². The monoisotopic (exact) mass is 347 g/mol. The Bertz CT molecular complexity index is 776. The van der Waals surface area contributed by atoms with Crippen LogP contribution >= 0.6 is 0 Å². The van der Waals surface area contributed by atoms with Crippen molar-refractivity contribution in [2.24, 2.45) is 0 Å². The van der Waals surface area contributed by atoms with E-state index in [2.05, 4.69) is 10.3 Å². The summed E-state index contributed by atoms with van der Waals surface area (Å²) in [6.45, 7) is 0.775. The predicted octanol–water partition coefficient (Wildman–Crippen LogP) is 1.87. The number of nitrogens with zero attached hydrogens (tertiary/aromatic N) is 1. The Hall–Kier alpha value is -2.41. The highest BCUT2D eigenvalue weighted by Gasteiger charge is 2.44. The molecule has 0 saturated carbocycles. The molecule has 2 amide bonds. The van der Waals surface area contributed by atoms with Gasteiger partial charge >= 0.3 is 0 Å². The van der Waals surface area contributed by atoms with Gasteiger partial charge in [-0.2, -0.15) is 0 Å². The van der Waals surface area contributed by atoms with Gasteiger partial charge in [0.15, 0.2) is 0 Å². The quantitative estimate of drug-likeness (QED) is 0.811. The number of amides is 2. The van der Waals surface area contributed by atoms with Crippen LogP contribution in [0.25, 0.3) is 10.9 Å². The fourth-order valence-electron chi connectivity index (χ4n) is 3.21. The fourth-order valence-corrected chi connectivity index (χ4v) is 3.21. The van der Waals surface area contributed by atoms with Gasteiger partial charge in [0.2, 0.25) is 5.67 Å². The lowest BCUT2D eigenvalue weighted by Crippen LogP contribution is -2.56. The lowest BCUT2D eigenvalue weighted by Gasteiger charge is -2.36. The number of hydrogen-bond acceptors (Lipinski definition) is 3. The molecule has 2 aromatic rings. The first-order valence-corrected chi connectivity index (χ1v) is 8.37. The third kappa shape index (κ3) is 3.51. The minimum absolute atomic E-state index is 0.115. The normalized spacial score (nSPS) is 20.6. The van der Waals surface area contributed by atoms with Gasteiger partial charge in [0.25, 0.3) is 11.8 Å². The molecule has 2 heterocycles. The van der Waals surface area contributed by atoms with E-state index in [1.807, 2.05) is 24.3 Å². The van der Waals surface area contributed by atoms with Crippen molar-refractivity contribution in [3.8, 4) is 0 Å². The molecule has 7 heteroatoms. The van der Waals surface area contributed by atoms with Crippen LogP contribution in [0.5, 0.6) is 0 Å². The van der Waals surface area contributed by atoms with Crippen LogP contribution in [0.15, 0.2) is 30.5 Å². The van der Waals surface area contributed by atoms with Crippen LogP contribution in [0, 0.1) is 0 Å². The third-order valence-electron chi connectivity index (χ3n) is 4.55. The largest absolute Gasteiger partial charge is 0.383 e. The van der Waals surface area contributed by atoms with Gasteiger partial charge in [-0.3, -0.25) is 9.59 Å². The number of nitrogens with one attached hydrogen (secondary N) is 2. The Morgan fingerprint density at radius 3 is 3.00 bits per heavy atom. The van der Waals surface area contributed by atoms with Crippen LogP contribution < -0.4 is 5.32 Å². The number of piperidine rings is 1. The molecular formula is C18H22FN3O3. The van der Waals surface area contributed by atoms with Crippen LogP contribution in [0.1, 0.15) is 23.2 Å². The number of likely N-dealkylation sites (tertiary alicyclic amines) is 1. The maximum Gasteiger partial charge on any atom is 0.259 e. The van der Waals surface area contributed by atoms with E-state index >= 15 is 4.39 Å². The maximum absolute atomic E-state index is 15.1. The Kier molecular flexibility index (Phi) is 5.03. The number of carbonyl (C=O) groups is 2. The average Bonchev–Trinajstić information content (AvgIpc) is 3.05. The van der Waals surface area contributed by atoms with E-state index in [0.29, 0.717) is 25.1 Å². The van der Waals surface area contributed by atoms with Crippen molar-refractivity contribution in [2.75, 3.05) is 33.4 Å². The van der Waals surface area contributed by atoms with Crippen molar-refractivity contribution < 1.29 is 18.7 Å². The zero-order valence-electron chi connectivity index (χ0n) is 14.2. The second-order valence-electron chi connectivity index (χ2n) is 6.29. The smallest absolute Gasteiger partial charge is 0.259 e. The van der Waals surface area contributed by atoms with E-state index in [9.17, 15) is 9.59 Å². The lowest BCUT2D eigenvalue weighted by molar-refractivity contribution is -0.136. The Labute approximate surface area is 145 Å². The molecule has 1 aromatic heterocycles. The molecule has 0 aliphatic carbocycles. The average molecular weight is 347 g/mol. The first-order valence-electron chi connectivity index (χ1n) is 8.37. The summed E-state index contributed by atoms with van der Waals surface area (Å²) in [7, 11) is 1.51. The van der Waals surface area contributed by atoms with Crippen molar-refractivity contribution in [1.82, 2.24) is 15.2 Å². The number of aromatic nitrogens is 1. The number of halogens is 1. The van der Waals surface area contributed by atoms with Crippen molar-refractivity contribution in [1.29, 1.82) is 0 Å². The van der Waals surface area contributed by atoms with Crippen molar-refractivity contribution in [3.05, 3.63) is 36.0 Å². The molecule has 1 unspecified atom stereocenters. The van der Waals surface area contributed by atoms with Crippen LogP contribution in [0.2, 0.25) is 0 Å². The van der Waals surface area contributed by atoms with E-state index in [0.717, 1.165) is 10.9 Å². The first kappa shape index (κ1) is 17.4. The molecule has 1 aliphatic heterocycles. The summed E-state index contributed by atoms with van der Waals surface area (Å²) in [5, 5.41) is 3.33. The predicted molar refractivity (Wildman–Crippen MR) is 92.2 cm³/mol. The Balaban J connectivity index is 1.74. The number of alkyl halides is 1.